The standard InChI is InChI=1S/C27H26N4O5S/c1-18-6-2-4-8-21(18)28-24(32)16-31-26(34)23(37-27(31)35)14-19-15-30(22-9-5-3-7-20(19)22)17-25(33)29-10-12-36-13-11-29/h2-9,14-15H,10-13,16-17H2,1H3,(H,28,32)/b23-14-. The molecular weight excluding hydrogens is 492 g/mol. The van der Waals surface area contributed by atoms with Crippen LogP contribution < -0.4 is 5.32 Å². The molecule has 0 saturated carbocycles. The lowest BCUT2D eigenvalue weighted by Gasteiger charge is -2.27. The molecule has 0 spiro atoms. The first-order valence-corrected chi connectivity index (χ1v) is 12.8. The van der Waals surface area contributed by atoms with Crippen molar-refractivity contribution >= 4 is 57.4 Å². The third-order valence-electron chi connectivity index (χ3n) is 6.37. The lowest BCUT2D eigenvalue weighted by Crippen LogP contribution is -2.42. The van der Waals surface area contributed by atoms with Crippen molar-refractivity contribution in [1.82, 2.24) is 14.4 Å². The fourth-order valence-corrected chi connectivity index (χ4v) is 5.23. The molecule has 10 heteroatoms. The summed E-state index contributed by atoms with van der Waals surface area (Å²) in [6, 6.07) is 14.9. The Morgan fingerprint density at radius 1 is 1.03 bits per heavy atom. The number of morpholine rings is 1. The van der Waals surface area contributed by atoms with Gasteiger partial charge < -0.3 is 19.5 Å². The summed E-state index contributed by atoms with van der Waals surface area (Å²) in [5.74, 6) is -0.970. The normalized spacial score (nSPS) is 17.2. The van der Waals surface area contributed by atoms with Crippen LogP contribution in [0.2, 0.25) is 0 Å². The van der Waals surface area contributed by atoms with Gasteiger partial charge in [0.05, 0.1) is 18.1 Å². The Labute approximate surface area is 218 Å². The molecule has 5 rings (SSSR count). The van der Waals surface area contributed by atoms with E-state index >= 15 is 0 Å². The number of anilines is 1. The van der Waals surface area contributed by atoms with Gasteiger partial charge >= 0.3 is 0 Å². The van der Waals surface area contributed by atoms with Crippen molar-refractivity contribution < 1.29 is 23.9 Å². The van der Waals surface area contributed by atoms with Crippen LogP contribution in [0.25, 0.3) is 17.0 Å². The lowest BCUT2D eigenvalue weighted by atomic mass is 10.1. The molecule has 1 aromatic heterocycles. The van der Waals surface area contributed by atoms with Crippen LogP contribution in [0.15, 0.2) is 59.6 Å². The van der Waals surface area contributed by atoms with Gasteiger partial charge in [0, 0.05) is 41.4 Å². The number of nitrogens with one attached hydrogen (secondary N) is 1. The number of rotatable bonds is 6. The van der Waals surface area contributed by atoms with Crippen LogP contribution in [0.3, 0.4) is 0 Å². The van der Waals surface area contributed by atoms with Gasteiger partial charge in [-0.2, -0.15) is 0 Å². The molecule has 2 aliphatic rings. The van der Waals surface area contributed by atoms with Crippen molar-refractivity contribution in [3.05, 3.63) is 70.8 Å². The van der Waals surface area contributed by atoms with Crippen LogP contribution in [0.1, 0.15) is 11.1 Å². The number of benzene rings is 2. The maximum absolute atomic E-state index is 13.1. The highest BCUT2D eigenvalue weighted by molar-refractivity contribution is 8.18. The second-order valence-corrected chi connectivity index (χ2v) is 9.85. The number of ether oxygens (including phenoxy) is 1. The van der Waals surface area contributed by atoms with E-state index in [1.54, 1.807) is 23.1 Å². The third-order valence-corrected chi connectivity index (χ3v) is 7.28. The van der Waals surface area contributed by atoms with Crippen LogP contribution in [-0.2, 0) is 25.7 Å². The number of hydrogen-bond acceptors (Lipinski definition) is 6. The van der Waals surface area contributed by atoms with Crippen molar-refractivity contribution in [2.24, 2.45) is 0 Å². The number of fused-ring (bicyclic) bond motifs is 1. The minimum Gasteiger partial charge on any atom is -0.378 e. The second kappa shape index (κ2) is 10.6. The SMILES string of the molecule is Cc1ccccc1NC(=O)CN1C(=O)S/C(=C\c2cn(CC(=O)N3CCOCC3)c3ccccc23)C1=O. The lowest BCUT2D eigenvalue weighted by molar-refractivity contribution is -0.135. The predicted molar refractivity (Wildman–Crippen MR) is 142 cm³/mol. The first-order valence-electron chi connectivity index (χ1n) is 11.9. The molecule has 0 radical (unpaired) electrons. The van der Waals surface area contributed by atoms with E-state index in [2.05, 4.69) is 5.32 Å². The summed E-state index contributed by atoms with van der Waals surface area (Å²) in [4.78, 5) is 54.0. The molecule has 2 fully saturated rings. The quantitative estimate of drug-likeness (QED) is 0.502. The van der Waals surface area contributed by atoms with E-state index in [0.717, 1.165) is 38.7 Å². The Morgan fingerprint density at radius 3 is 2.54 bits per heavy atom. The summed E-state index contributed by atoms with van der Waals surface area (Å²) in [6.07, 6.45) is 3.48. The van der Waals surface area contributed by atoms with Crippen molar-refractivity contribution in [2.45, 2.75) is 13.5 Å². The van der Waals surface area contributed by atoms with Crippen LogP contribution in [0.4, 0.5) is 10.5 Å². The Morgan fingerprint density at radius 2 is 1.76 bits per heavy atom. The zero-order chi connectivity index (χ0) is 25.9. The Bertz CT molecular complexity index is 1420. The average molecular weight is 519 g/mol. The Kier molecular flexibility index (Phi) is 7.11. The highest BCUT2D eigenvalue weighted by atomic mass is 32.2. The van der Waals surface area contributed by atoms with Gasteiger partial charge in [-0.05, 0) is 42.5 Å². The minimum absolute atomic E-state index is 0.00408. The van der Waals surface area contributed by atoms with Crippen molar-refractivity contribution in [1.29, 1.82) is 0 Å². The van der Waals surface area contributed by atoms with Crippen molar-refractivity contribution in [3.8, 4) is 0 Å². The Hall–Kier alpha value is -3.89. The van der Waals surface area contributed by atoms with Crippen LogP contribution >= 0.6 is 11.8 Å². The largest absolute Gasteiger partial charge is 0.378 e. The molecule has 9 nitrogen and oxygen atoms in total. The fourth-order valence-electron chi connectivity index (χ4n) is 4.40. The number of aryl methyl sites for hydroxylation is 1. The Balaban J connectivity index is 1.34. The molecule has 0 unspecified atom stereocenters. The molecule has 0 atom stereocenters. The summed E-state index contributed by atoms with van der Waals surface area (Å²) in [5, 5.41) is 3.12. The zero-order valence-electron chi connectivity index (χ0n) is 20.3. The second-order valence-electron chi connectivity index (χ2n) is 8.85. The van der Waals surface area contributed by atoms with Crippen LogP contribution in [0.5, 0.6) is 0 Å². The molecule has 0 bridgehead atoms. The summed E-state index contributed by atoms with van der Waals surface area (Å²) >= 11 is 0.803. The van der Waals surface area contributed by atoms with E-state index in [-0.39, 0.29) is 23.9 Å². The number of thioether (sulfide) groups is 1. The van der Waals surface area contributed by atoms with E-state index in [1.165, 1.54) is 0 Å². The van der Waals surface area contributed by atoms with Gasteiger partial charge in [-0.1, -0.05) is 36.4 Å². The maximum atomic E-state index is 13.1. The average Bonchev–Trinajstić information content (AvgIpc) is 3.37. The van der Waals surface area contributed by atoms with E-state index in [9.17, 15) is 19.2 Å². The molecule has 1 N–H and O–H groups in total. The van der Waals surface area contributed by atoms with Crippen molar-refractivity contribution in [2.75, 3.05) is 38.2 Å². The van der Waals surface area contributed by atoms with E-state index in [1.807, 2.05) is 54.1 Å². The molecule has 4 amide bonds. The molecule has 3 aromatic rings. The molecule has 2 aromatic carbocycles. The van der Waals surface area contributed by atoms with E-state index < -0.39 is 17.1 Å². The van der Waals surface area contributed by atoms with Crippen LogP contribution in [0, 0.1) is 6.92 Å². The van der Waals surface area contributed by atoms with E-state index in [4.69, 9.17) is 4.74 Å². The molecule has 0 aliphatic carbocycles. The molecule has 37 heavy (non-hydrogen) atoms. The monoisotopic (exact) mass is 518 g/mol. The van der Waals surface area contributed by atoms with Gasteiger partial charge in [0.15, 0.2) is 0 Å². The number of amides is 4. The number of imide groups is 1. The van der Waals surface area contributed by atoms with Gasteiger partial charge in [-0.25, -0.2) is 0 Å². The summed E-state index contributed by atoms with van der Waals surface area (Å²) < 4.78 is 7.20. The van der Waals surface area contributed by atoms with Crippen molar-refractivity contribution in [3.63, 3.8) is 0 Å². The molecule has 2 saturated heterocycles. The molecule has 2 aliphatic heterocycles. The third kappa shape index (κ3) is 5.30. The minimum atomic E-state index is -0.517. The smallest absolute Gasteiger partial charge is 0.294 e. The zero-order valence-corrected chi connectivity index (χ0v) is 21.1. The molecular formula is C27H26N4O5S. The highest BCUT2D eigenvalue weighted by Crippen LogP contribution is 2.34. The first kappa shape index (κ1) is 24.8. The summed E-state index contributed by atoms with van der Waals surface area (Å²) in [6.45, 7) is 3.85. The number of para-hydroxylation sites is 2. The summed E-state index contributed by atoms with van der Waals surface area (Å²) in [5.41, 5.74) is 3.09. The van der Waals surface area contributed by atoms with Crippen LogP contribution in [-0.4, -0.2) is 70.2 Å². The summed E-state index contributed by atoms with van der Waals surface area (Å²) in [7, 11) is 0. The first-order chi connectivity index (χ1) is 17.9. The van der Waals surface area contributed by atoms with Gasteiger partial charge in [-0.3, -0.25) is 24.1 Å². The maximum Gasteiger partial charge on any atom is 0.294 e. The number of nitrogens with zero attached hydrogens (tertiary/aromatic N) is 3. The topological polar surface area (TPSA) is 101 Å². The van der Waals surface area contributed by atoms with E-state index in [0.29, 0.717) is 32.0 Å². The van der Waals surface area contributed by atoms with Gasteiger partial charge in [0.2, 0.25) is 11.8 Å². The highest BCUT2D eigenvalue weighted by Gasteiger charge is 2.36. The number of hydrogen-bond donors (Lipinski definition) is 1. The van der Waals surface area contributed by atoms with Gasteiger partial charge in [0.1, 0.15) is 13.1 Å². The van der Waals surface area contributed by atoms with Gasteiger partial charge in [0.25, 0.3) is 11.1 Å². The van der Waals surface area contributed by atoms with Gasteiger partial charge in [-0.15, -0.1) is 0 Å². The predicted octanol–water partition coefficient (Wildman–Crippen LogP) is 3.48. The molecule has 190 valence electrons. The molecule has 3 heterocycles. The number of aromatic nitrogens is 1. The fraction of sp³-hybridized carbons (Fsp3) is 0.259. The number of carbonyl (C=O) groups excluding carboxylic acids is 4. The number of carbonyl (C=O) groups is 4.